The molecule has 0 bridgehead atoms. The Balaban J connectivity index is 0.00000408. The van der Waals surface area contributed by atoms with Crippen LogP contribution < -0.4 is 34.7 Å². The first kappa shape index (κ1) is 28.6. The van der Waals surface area contributed by atoms with Gasteiger partial charge in [-0.05, 0) is 42.5 Å². The molecule has 8 heteroatoms. The molecule has 176 valence electrons. The molecular formula is C26H29FNNaO4S. The second-order valence-electron chi connectivity index (χ2n) is 8.51. The van der Waals surface area contributed by atoms with Gasteiger partial charge in [0.15, 0.2) is 0 Å². The van der Waals surface area contributed by atoms with Crippen molar-refractivity contribution in [2.24, 2.45) is 0 Å². The Morgan fingerprint density at radius 2 is 1.88 bits per heavy atom. The summed E-state index contributed by atoms with van der Waals surface area (Å²) in [6.45, 7) is 8.26. The van der Waals surface area contributed by atoms with E-state index in [1.807, 2.05) is 13.8 Å². The number of aliphatic hydroxyl groups excluding tert-OH is 2. The van der Waals surface area contributed by atoms with Crippen LogP contribution in [0.15, 0.2) is 30.3 Å². The summed E-state index contributed by atoms with van der Waals surface area (Å²) in [5, 5.41) is 32.0. The Morgan fingerprint density at radius 3 is 2.44 bits per heavy atom. The number of nitrogens with zero attached hydrogens (tertiary/aromatic N) is 1. The van der Waals surface area contributed by atoms with Gasteiger partial charge in [0, 0.05) is 40.2 Å². The molecule has 0 spiro atoms. The van der Waals surface area contributed by atoms with Crippen molar-refractivity contribution in [1.82, 2.24) is 4.98 Å². The first-order chi connectivity index (χ1) is 15.6. The summed E-state index contributed by atoms with van der Waals surface area (Å²) >= 11 is 1.64. The van der Waals surface area contributed by atoms with Gasteiger partial charge >= 0.3 is 29.6 Å². The number of carboxylic acids is 1. The number of carboxylic acid groups (broad SMARTS) is 1. The van der Waals surface area contributed by atoms with Gasteiger partial charge in [0.1, 0.15) is 10.6 Å². The first-order valence-electron chi connectivity index (χ1n) is 11.1. The number of thiophene rings is 1. The van der Waals surface area contributed by atoms with E-state index in [0.29, 0.717) is 0 Å². The number of benzene rings is 1. The molecule has 0 aliphatic heterocycles. The van der Waals surface area contributed by atoms with E-state index in [2.05, 4.69) is 13.8 Å². The molecule has 0 aliphatic rings. The van der Waals surface area contributed by atoms with Crippen LogP contribution in [-0.2, 0) is 11.2 Å². The van der Waals surface area contributed by atoms with Crippen LogP contribution in [0.3, 0.4) is 0 Å². The number of halogens is 1. The number of carbonyl (C=O) groups excluding carboxylic acids is 1. The molecule has 2 heterocycles. The monoisotopic (exact) mass is 493 g/mol. The zero-order valence-electron chi connectivity index (χ0n) is 20.3. The van der Waals surface area contributed by atoms with Crippen molar-refractivity contribution in [1.29, 1.82) is 0 Å². The minimum atomic E-state index is -1.37. The minimum absolute atomic E-state index is 0. The van der Waals surface area contributed by atoms with Crippen molar-refractivity contribution in [2.45, 2.75) is 65.1 Å². The van der Waals surface area contributed by atoms with Crippen LogP contribution in [0.1, 0.15) is 61.2 Å². The molecule has 0 saturated heterocycles. The fraction of sp³-hybridized carbons (Fsp3) is 0.385. The van der Waals surface area contributed by atoms with E-state index in [0.717, 1.165) is 39.0 Å². The summed E-state index contributed by atoms with van der Waals surface area (Å²) in [4.78, 5) is 17.8. The number of hydrogen-bond donors (Lipinski definition) is 2. The van der Waals surface area contributed by atoms with Gasteiger partial charge in [0.25, 0.3) is 0 Å². The molecule has 2 atom stereocenters. The Hall–Kier alpha value is -1.61. The molecule has 0 radical (unpaired) electrons. The van der Waals surface area contributed by atoms with Gasteiger partial charge in [-0.15, -0.1) is 11.3 Å². The number of fused-ring (bicyclic) bond motifs is 1. The number of rotatable bonds is 9. The van der Waals surface area contributed by atoms with Crippen molar-refractivity contribution >= 4 is 33.6 Å². The predicted octanol–water partition coefficient (Wildman–Crippen LogP) is 1.37. The fourth-order valence-corrected chi connectivity index (χ4v) is 5.25. The van der Waals surface area contributed by atoms with E-state index < -0.39 is 24.6 Å². The normalized spacial score (nSPS) is 13.4. The number of carbonyl (C=O) groups is 1. The van der Waals surface area contributed by atoms with E-state index in [9.17, 15) is 24.5 Å². The third-order valence-electron chi connectivity index (χ3n) is 5.64. The van der Waals surface area contributed by atoms with Crippen molar-refractivity contribution in [3.05, 3.63) is 57.9 Å². The zero-order chi connectivity index (χ0) is 24.3. The van der Waals surface area contributed by atoms with Crippen molar-refractivity contribution in [3.8, 4) is 11.1 Å². The SMILES string of the molecule is CCc1c(C)sc2nc(C(C)C)c(/C=C/C(O)CC(O)CC(=O)[O-])c(-c3ccc(F)cc3)c12.[Na+]. The molecule has 2 N–H and O–H groups in total. The topological polar surface area (TPSA) is 93.5 Å². The summed E-state index contributed by atoms with van der Waals surface area (Å²) in [5.41, 5.74) is 4.65. The van der Waals surface area contributed by atoms with Gasteiger partial charge in [-0.25, -0.2) is 9.37 Å². The second-order valence-corrected chi connectivity index (χ2v) is 9.71. The van der Waals surface area contributed by atoms with E-state index in [1.54, 1.807) is 35.6 Å². The second kappa shape index (κ2) is 12.4. The van der Waals surface area contributed by atoms with E-state index in [4.69, 9.17) is 4.98 Å². The Morgan fingerprint density at radius 1 is 1.24 bits per heavy atom. The van der Waals surface area contributed by atoms with Crippen LogP contribution in [0.5, 0.6) is 0 Å². The smallest absolute Gasteiger partial charge is 0.550 e. The maximum atomic E-state index is 13.7. The molecule has 0 aliphatic carbocycles. The van der Waals surface area contributed by atoms with Gasteiger partial charge in [-0.3, -0.25) is 0 Å². The Bertz CT molecular complexity index is 1170. The van der Waals surface area contributed by atoms with Crippen LogP contribution in [0, 0.1) is 12.7 Å². The summed E-state index contributed by atoms with van der Waals surface area (Å²) in [6.07, 6.45) is 1.23. The summed E-state index contributed by atoms with van der Waals surface area (Å²) < 4.78 is 13.7. The number of aryl methyl sites for hydroxylation is 2. The molecule has 0 saturated carbocycles. The van der Waals surface area contributed by atoms with Gasteiger partial charge < -0.3 is 20.1 Å². The number of aliphatic hydroxyl groups is 2. The van der Waals surface area contributed by atoms with Gasteiger partial charge in [0.05, 0.1) is 17.9 Å². The molecule has 3 aromatic rings. The molecular weight excluding hydrogens is 464 g/mol. The van der Waals surface area contributed by atoms with Crippen molar-refractivity contribution in [3.63, 3.8) is 0 Å². The number of hydrogen-bond acceptors (Lipinski definition) is 6. The quantitative estimate of drug-likeness (QED) is 0.439. The molecule has 34 heavy (non-hydrogen) atoms. The molecule has 2 aromatic heterocycles. The summed E-state index contributed by atoms with van der Waals surface area (Å²) in [5.74, 6) is -1.60. The number of aromatic nitrogens is 1. The van der Waals surface area contributed by atoms with E-state index >= 15 is 0 Å². The van der Waals surface area contributed by atoms with Crippen molar-refractivity contribution in [2.75, 3.05) is 0 Å². The maximum absolute atomic E-state index is 13.7. The maximum Gasteiger partial charge on any atom is 1.00 e. The van der Waals surface area contributed by atoms with Crippen LogP contribution in [0.4, 0.5) is 4.39 Å². The largest absolute Gasteiger partial charge is 1.00 e. The van der Waals surface area contributed by atoms with Crippen LogP contribution >= 0.6 is 11.3 Å². The van der Waals surface area contributed by atoms with Crippen LogP contribution in [0.25, 0.3) is 27.4 Å². The van der Waals surface area contributed by atoms with Gasteiger partial charge in [-0.1, -0.05) is 45.1 Å². The fourth-order valence-electron chi connectivity index (χ4n) is 4.12. The summed E-state index contributed by atoms with van der Waals surface area (Å²) in [6, 6.07) is 6.36. The van der Waals surface area contributed by atoms with Gasteiger partial charge in [0.2, 0.25) is 0 Å². The summed E-state index contributed by atoms with van der Waals surface area (Å²) in [7, 11) is 0. The van der Waals surface area contributed by atoms with E-state index in [-0.39, 0.29) is 47.7 Å². The van der Waals surface area contributed by atoms with E-state index in [1.165, 1.54) is 22.6 Å². The molecule has 5 nitrogen and oxygen atoms in total. The van der Waals surface area contributed by atoms with Crippen molar-refractivity contribution < 1.29 is 54.1 Å². The molecule has 3 rings (SSSR count). The van der Waals surface area contributed by atoms with Crippen LogP contribution in [-0.4, -0.2) is 33.4 Å². The molecule has 1 aromatic carbocycles. The molecule has 0 fully saturated rings. The average Bonchev–Trinajstić information content (AvgIpc) is 3.05. The average molecular weight is 494 g/mol. The van der Waals surface area contributed by atoms with Crippen LogP contribution in [0.2, 0.25) is 0 Å². The Kier molecular flexibility index (Phi) is 10.4. The number of aliphatic carboxylic acids is 1. The first-order valence-corrected chi connectivity index (χ1v) is 11.9. The third-order valence-corrected chi connectivity index (χ3v) is 6.68. The Labute approximate surface area is 225 Å². The standard InChI is InChI=1S/C26H30FNO4S.Na/c1-5-20-15(4)33-26-24(20)23(16-6-8-17(27)9-7-16)21(25(28-26)14(2)3)11-10-18(29)12-19(30)13-22(31)32;/h6-11,14,18-19,29-30H,5,12-13H2,1-4H3,(H,31,32);/q;+1/p-1/b11-10+;. The third kappa shape index (κ3) is 6.53. The number of pyridine rings is 1. The minimum Gasteiger partial charge on any atom is -0.550 e. The zero-order valence-corrected chi connectivity index (χ0v) is 23.1. The molecule has 2 unspecified atom stereocenters. The molecule has 0 amide bonds. The predicted molar refractivity (Wildman–Crippen MR) is 129 cm³/mol. The van der Waals surface area contributed by atoms with Gasteiger partial charge in [-0.2, -0.15) is 0 Å².